The first-order valence-electron chi connectivity index (χ1n) is 7.89. The summed E-state index contributed by atoms with van der Waals surface area (Å²) in [5.74, 6) is -0.626. The molecular weight excluding hydrogens is 366 g/mol. The van der Waals surface area contributed by atoms with Crippen LogP contribution in [0, 0.1) is 0 Å². The maximum Gasteiger partial charge on any atom is 0.341 e. The second-order valence-corrected chi connectivity index (χ2v) is 8.18. The minimum Gasteiger partial charge on any atom is -0.462 e. The van der Waals surface area contributed by atoms with Gasteiger partial charge in [-0.2, -0.15) is 0 Å². The van der Waals surface area contributed by atoms with Crippen molar-refractivity contribution in [2.24, 2.45) is 5.14 Å². The third-order valence-electron chi connectivity index (χ3n) is 3.90. The molecule has 0 bridgehead atoms. The summed E-state index contributed by atoms with van der Waals surface area (Å²) < 4.78 is 28.4. The molecule has 1 heterocycles. The van der Waals surface area contributed by atoms with Crippen molar-refractivity contribution in [3.63, 3.8) is 0 Å². The molecule has 25 heavy (non-hydrogen) atoms. The molecule has 9 heteroatoms. The van der Waals surface area contributed by atoms with Crippen molar-refractivity contribution < 1.29 is 17.9 Å². The number of sulfonamides is 1. The van der Waals surface area contributed by atoms with Crippen molar-refractivity contribution >= 4 is 33.3 Å². The number of nitrogens with zero attached hydrogens (tertiary/aromatic N) is 1. The third kappa shape index (κ3) is 4.71. The number of nitrogens with two attached hydrogens (primary N) is 1. The molecule has 0 spiro atoms. The van der Waals surface area contributed by atoms with E-state index in [1.54, 1.807) is 6.92 Å². The lowest BCUT2D eigenvalue weighted by Crippen LogP contribution is -2.24. The first-order chi connectivity index (χ1) is 11.6. The molecule has 1 aromatic rings. The molecule has 0 radical (unpaired) electrons. The second kappa shape index (κ2) is 7.31. The number of nitrogens with one attached hydrogen (secondary N) is 1. The number of allylic oxidation sites excluding steroid dienone is 1. The van der Waals surface area contributed by atoms with E-state index in [0.717, 1.165) is 25.5 Å². The lowest BCUT2D eigenvalue weighted by molar-refractivity contribution is 0.0526. The molecule has 2 rings (SSSR count). The Balaban J connectivity index is 2.49. The Kier molecular flexibility index (Phi) is 5.75. The number of hydrogen-bond acceptors (Lipinski definition) is 6. The van der Waals surface area contributed by atoms with Crippen molar-refractivity contribution in [1.82, 2.24) is 4.98 Å². The summed E-state index contributed by atoms with van der Waals surface area (Å²) in [5.41, 5.74) is 1.19. The summed E-state index contributed by atoms with van der Waals surface area (Å²) in [5, 5.41) is 7.73. The summed E-state index contributed by atoms with van der Waals surface area (Å²) in [7, 11) is -4.12. The Morgan fingerprint density at radius 3 is 2.60 bits per heavy atom. The van der Waals surface area contributed by atoms with Crippen molar-refractivity contribution in [1.29, 1.82) is 0 Å². The predicted molar refractivity (Wildman–Crippen MR) is 96.2 cm³/mol. The molecule has 1 fully saturated rings. The van der Waals surface area contributed by atoms with Gasteiger partial charge in [-0.25, -0.2) is 23.3 Å². The molecule has 0 aliphatic heterocycles. The predicted octanol–water partition coefficient (Wildman–Crippen LogP) is 2.86. The van der Waals surface area contributed by atoms with Crippen LogP contribution in [-0.4, -0.2) is 31.5 Å². The number of anilines is 1. The number of primary sulfonamides is 1. The van der Waals surface area contributed by atoms with Crippen LogP contribution in [-0.2, 0) is 14.8 Å². The van der Waals surface area contributed by atoms with Crippen LogP contribution >= 0.6 is 11.6 Å². The van der Waals surface area contributed by atoms with Gasteiger partial charge in [-0.3, -0.25) is 0 Å². The van der Waals surface area contributed by atoms with Crippen molar-refractivity contribution in [3.05, 3.63) is 28.4 Å². The topological polar surface area (TPSA) is 111 Å². The quantitative estimate of drug-likeness (QED) is 0.549. The summed E-state index contributed by atoms with van der Waals surface area (Å²) in [4.78, 5) is 15.9. The molecule has 3 N–H and O–H groups in total. The average Bonchev–Trinajstić information content (AvgIpc) is 3.26. The number of carbonyl (C=O) groups is 1. The van der Waals surface area contributed by atoms with E-state index >= 15 is 0 Å². The normalized spacial score (nSPS) is 15.4. The van der Waals surface area contributed by atoms with E-state index < -0.39 is 21.0 Å². The van der Waals surface area contributed by atoms with E-state index in [-0.39, 0.29) is 28.4 Å². The van der Waals surface area contributed by atoms with Gasteiger partial charge in [0.15, 0.2) is 5.03 Å². The summed E-state index contributed by atoms with van der Waals surface area (Å²) in [6.45, 7) is 5.85. The summed E-state index contributed by atoms with van der Waals surface area (Å²) >= 11 is 6.23. The largest absolute Gasteiger partial charge is 0.462 e. The number of pyridine rings is 1. The SMILES string of the molecule is CCOC(=O)c1cnc(S(N)(=O)=O)c(Cl)c1NC1(CC=C(C)C)CC1. The zero-order valence-electron chi connectivity index (χ0n) is 14.4. The Labute approximate surface area is 152 Å². The average molecular weight is 388 g/mol. The molecule has 1 aliphatic carbocycles. The first kappa shape index (κ1) is 19.7. The number of rotatable bonds is 7. The number of ether oxygens (including phenoxy) is 1. The molecule has 138 valence electrons. The van der Waals surface area contributed by atoms with Gasteiger partial charge in [0.2, 0.25) is 0 Å². The zero-order chi connectivity index (χ0) is 18.8. The smallest absolute Gasteiger partial charge is 0.341 e. The van der Waals surface area contributed by atoms with E-state index in [1.807, 2.05) is 13.8 Å². The molecule has 1 aliphatic rings. The highest BCUT2D eigenvalue weighted by Gasteiger charge is 2.43. The van der Waals surface area contributed by atoms with E-state index in [9.17, 15) is 13.2 Å². The third-order valence-corrected chi connectivity index (χ3v) is 5.23. The van der Waals surface area contributed by atoms with Crippen LogP contribution < -0.4 is 10.5 Å². The molecular formula is C16H22ClN3O4S. The van der Waals surface area contributed by atoms with Gasteiger partial charge < -0.3 is 10.1 Å². The van der Waals surface area contributed by atoms with Gasteiger partial charge in [-0.1, -0.05) is 23.3 Å². The van der Waals surface area contributed by atoms with Gasteiger partial charge >= 0.3 is 5.97 Å². The van der Waals surface area contributed by atoms with Gasteiger partial charge in [-0.05, 0) is 40.0 Å². The van der Waals surface area contributed by atoms with Gasteiger partial charge in [-0.15, -0.1) is 0 Å². The van der Waals surface area contributed by atoms with Gasteiger partial charge in [0.1, 0.15) is 10.6 Å². The highest BCUT2D eigenvalue weighted by atomic mass is 35.5. The molecule has 0 atom stereocenters. The Morgan fingerprint density at radius 1 is 1.48 bits per heavy atom. The van der Waals surface area contributed by atoms with Crippen LogP contribution in [0.1, 0.15) is 50.4 Å². The Bertz CT molecular complexity index is 813. The van der Waals surface area contributed by atoms with Crippen molar-refractivity contribution in [2.75, 3.05) is 11.9 Å². The van der Waals surface area contributed by atoms with Crippen LogP contribution in [0.4, 0.5) is 5.69 Å². The molecule has 0 aromatic carbocycles. The number of aromatic nitrogens is 1. The number of hydrogen-bond donors (Lipinski definition) is 2. The van der Waals surface area contributed by atoms with E-state index in [4.69, 9.17) is 21.5 Å². The molecule has 0 amide bonds. The van der Waals surface area contributed by atoms with Crippen LogP contribution in [0.3, 0.4) is 0 Å². The van der Waals surface area contributed by atoms with E-state index in [1.165, 1.54) is 5.57 Å². The lowest BCUT2D eigenvalue weighted by atomic mass is 10.1. The van der Waals surface area contributed by atoms with Crippen LogP contribution in [0.2, 0.25) is 5.02 Å². The van der Waals surface area contributed by atoms with E-state index in [2.05, 4.69) is 16.4 Å². The van der Waals surface area contributed by atoms with Crippen LogP contribution in [0.25, 0.3) is 0 Å². The zero-order valence-corrected chi connectivity index (χ0v) is 16.0. The van der Waals surface area contributed by atoms with Gasteiger partial charge in [0, 0.05) is 11.7 Å². The fourth-order valence-corrected chi connectivity index (χ4v) is 3.42. The van der Waals surface area contributed by atoms with Gasteiger partial charge in [0.05, 0.1) is 12.3 Å². The lowest BCUT2D eigenvalue weighted by Gasteiger charge is -2.21. The number of halogens is 1. The molecule has 0 unspecified atom stereocenters. The van der Waals surface area contributed by atoms with Crippen LogP contribution in [0.5, 0.6) is 0 Å². The first-order valence-corrected chi connectivity index (χ1v) is 9.82. The van der Waals surface area contributed by atoms with Crippen molar-refractivity contribution in [3.8, 4) is 0 Å². The molecule has 1 saturated carbocycles. The Morgan fingerprint density at radius 2 is 2.12 bits per heavy atom. The fraction of sp³-hybridized carbons (Fsp3) is 0.500. The highest BCUT2D eigenvalue weighted by Crippen LogP contribution is 2.45. The van der Waals surface area contributed by atoms with Crippen LogP contribution in [0.15, 0.2) is 22.9 Å². The summed E-state index contributed by atoms with van der Waals surface area (Å²) in [6, 6.07) is 0. The van der Waals surface area contributed by atoms with E-state index in [0.29, 0.717) is 0 Å². The number of esters is 1. The second-order valence-electron chi connectivity index (χ2n) is 6.32. The standard InChI is InChI=1S/C16H22ClN3O4S/c1-4-24-15(21)11-9-19-14(25(18,22)23)12(17)13(11)20-16(7-8-16)6-5-10(2)3/h5,9H,4,6-8H2,1-3H3,(H,19,20)(H2,18,22,23). The Hall–Kier alpha value is -1.64. The number of carbonyl (C=O) groups excluding carboxylic acids is 1. The fourth-order valence-electron chi connectivity index (χ4n) is 2.35. The maximum atomic E-state index is 12.2. The van der Waals surface area contributed by atoms with Gasteiger partial charge in [0.25, 0.3) is 10.0 Å². The monoisotopic (exact) mass is 387 g/mol. The molecule has 1 aromatic heterocycles. The maximum absolute atomic E-state index is 12.2. The summed E-state index contributed by atoms with van der Waals surface area (Å²) in [6.07, 6.45) is 5.70. The minimum atomic E-state index is -4.12. The molecule has 7 nitrogen and oxygen atoms in total. The van der Waals surface area contributed by atoms with Crippen molar-refractivity contribution in [2.45, 2.75) is 50.6 Å². The highest BCUT2D eigenvalue weighted by molar-refractivity contribution is 7.89. The minimum absolute atomic E-state index is 0.0859. The molecule has 0 saturated heterocycles.